The molecule has 0 saturated carbocycles. The fraction of sp³-hybridized carbons (Fsp3) is 0.823. The van der Waals surface area contributed by atoms with Crippen LogP contribution >= 0.6 is 7.82 Å². The molecule has 1 amide bonds. The van der Waals surface area contributed by atoms with Gasteiger partial charge in [0.2, 0.25) is 5.91 Å². The summed E-state index contributed by atoms with van der Waals surface area (Å²) in [4.78, 5) is 23.4. The average Bonchev–Trinajstić information content (AvgIpc) is 3.33. The van der Waals surface area contributed by atoms with Crippen molar-refractivity contribution in [1.29, 1.82) is 0 Å². The summed E-state index contributed by atoms with van der Waals surface area (Å²) in [5.74, 6) is -0.144. The van der Waals surface area contributed by atoms with E-state index in [4.69, 9.17) is 9.05 Å². The van der Waals surface area contributed by atoms with E-state index in [2.05, 4.69) is 79.9 Å². The van der Waals surface area contributed by atoms with E-state index in [0.717, 1.165) is 70.6 Å². The quantitative estimate of drug-likeness (QED) is 0.0243. The maximum Gasteiger partial charge on any atom is 0.472 e. The fourth-order valence-electron chi connectivity index (χ4n) is 8.84. The number of unbranched alkanes of at least 4 members (excludes halogenated alkanes) is 32. The summed E-state index contributed by atoms with van der Waals surface area (Å²) in [6.45, 7) is 4.80. The Labute approximate surface area is 441 Å². The number of hydrogen-bond acceptors (Lipinski definition) is 5. The molecule has 3 atom stereocenters. The van der Waals surface area contributed by atoms with Gasteiger partial charge in [0.25, 0.3) is 0 Å². The number of hydrogen-bond donors (Lipinski definition) is 3. The van der Waals surface area contributed by atoms with Gasteiger partial charge in [-0.2, -0.15) is 0 Å². The van der Waals surface area contributed by atoms with Gasteiger partial charge in [0, 0.05) is 6.42 Å². The Morgan fingerprint density at radius 1 is 0.493 bits per heavy atom. The van der Waals surface area contributed by atoms with Gasteiger partial charge in [0.05, 0.1) is 39.9 Å². The lowest BCUT2D eigenvalue weighted by atomic mass is 10.0. The van der Waals surface area contributed by atoms with Gasteiger partial charge in [-0.3, -0.25) is 13.8 Å². The van der Waals surface area contributed by atoms with E-state index in [1.165, 1.54) is 180 Å². The number of amides is 1. The zero-order chi connectivity index (χ0) is 52.0. The summed E-state index contributed by atoms with van der Waals surface area (Å²) in [5, 5.41) is 14.1. The predicted molar refractivity (Wildman–Crippen MR) is 309 cm³/mol. The molecule has 0 aromatic rings. The van der Waals surface area contributed by atoms with E-state index in [-0.39, 0.29) is 19.1 Å². The highest BCUT2D eigenvalue weighted by atomic mass is 31.2. The number of phosphoric acid groups is 1. The highest BCUT2D eigenvalue weighted by Crippen LogP contribution is 2.43. The van der Waals surface area contributed by atoms with Crippen LogP contribution in [0.25, 0.3) is 0 Å². The molecule has 0 spiro atoms. The summed E-state index contributed by atoms with van der Waals surface area (Å²) in [6.07, 6.45) is 71.3. The number of quaternary nitrogens is 1. The molecule has 8 nitrogen and oxygen atoms in total. The van der Waals surface area contributed by atoms with Gasteiger partial charge in [0.1, 0.15) is 13.2 Å². The maximum atomic E-state index is 13.0. The van der Waals surface area contributed by atoms with Gasteiger partial charge in [0.15, 0.2) is 0 Å². The molecular formula is C62H118N2O6P+. The van der Waals surface area contributed by atoms with Crippen LogP contribution in [0.4, 0.5) is 0 Å². The highest BCUT2D eigenvalue weighted by Gasteiger charge is 2.28. The van der Waals surface area contributed by atoms with E-state index >= 15 is 0 Å². The molecule has 0 aromatic carbocycles. The molecule has 0 radical (unpaired) electrons. The van der Waals surface area contributed by atoms with Gasteiger partial charge in [-0.05, 0) is 57.8 Å². The Kier molecular flexibility index (Phi) is 51.7. The minimum absolute atomic E-state index is 0.0736. The Bertz CT molecular complexity index is 1340. The smallest absolute Gasteiger partial charge is 0.391 e. The van der Waals surface area contributed by atoms with Crippen molar-refractivity contribution in [1.82, 2.24) is 5.32 Å². The Morgan fingerprint density at radius 3 is 1.24 bits per heavy atom. The molecule has 71 heavy (non-hydrogen) atoms. The number of likely N-dealkylation sites (N-methyl/N-ethyl adjacent to an activating group) is 1. The van der Waals surface area contributed by atoms with Crippen LogP contribution in [0, 0.1) is 0 Å². The first kappa shape index (κ1) is 69.2. The lowest BCUT2D eigenvalue weighted by Crippen LogP contribution is -2.46. The molecule has 0 saturated heterocycles. The van der Waals surface area contributed by atoms with Crippen molar-refractivity contribution in [2.24, 2.45) is 0 Å². The second kappa shape index (κ2) is 53.0. The van der Waals surface area contributed by atoms with Gasteiger partial charge in [-0.25, -0.2) is 4.57 Å². The molecule has 0 bridgehead atoms. The summed E-state index contributed by atoms with van der Waals surface area (Å²) in [7, 11) is 1.62. The van der Waals surface area contributed by atoms with E-state index < -0.39 is 20.0 Å². The van der Waals surface area contributed by atoms with E-state index in [1.807, 2.05) is 21.1 Å². The first-order valence-electron chi connectivity index (χ1n) is 30.2. The number of carbonyl (C=O) groups excluding carboxylic acids is 1. The SMILES string of the molecule is CC/C=C\C/C=C\C/C=C\C/C=C\C/C=C\CCCCCCCCCCCCCCCC(=O)NC(COP(=O)(O)OCC[N+](C)(C)C)C(O)CCCCCCCCCCCCCCCCCCCCCC. The van der Waals surface area contributed by atoms with Crippen molar-refractivity contribution in [2.45, 2.75) is 289 Å². The lowest BCUT2D eigenvalue weighted by molar-refractivity contribution is -0.870. The van der Waals surface area contributed by atoms with Crippen molar-refractivity contribution in [3.8, 4) is 0 Å². The molecule has 0 fully saturated rings. The largest absolute Gasteiger partial charge is 0.472 e. The number of nitrogens with zero attached hydrogens (tertiary/aromatic N) is 1. The van der Waals surface area contributed by atoms with Crippen molar-refractivity contribution < 1.29 is 32.9 Å². The standard InChI is InChI=1S/C62H117N2O6P/c1-6-8-10-12-14-16-18-20-22-24-26-28-29-30-31-32-33-34-35-36-38-40-42-44-46-48-50-52-54-56-62(66)63-60(59-70-71(67,68)69-58-57-64(3,4)5)61(65)55-53-51-49-47-45-43-41-39-37-27-25-23-21-19-17-15-13-11-9-7-2/h8,10,14,16,20,22,26,28,30-31,60-61,65H,6-7,9,11-13,15,17-19,21,23-25,27,29,32-59H2,1-5H3,(H-,63,66,67,68)/p+1/b10-8-,16-14-,22-20-,28-26-,31-30-. The van der Waals surface area contributed by atoms with Crippen molar-refractivity contribution in [3.05, 3.63) is 60.8 Å². The van der Waals surface area contributed by atoms with Crippen LogP contribution in [0.15, 0.2) is 60.8 Å². The fourth-order valence-corrected chi connectivity index (χ4v) is 9.58. The summed E-state index contributed by atoms with van der Waals surface area (Å²) < 4.78 is 23.8. The van der Waals surface area contributed by atoms with Crippen molar-refractivity contribution >= 4 is 13.7 Å². The number of carbonyl (C=O) groups is 1. The number of phosphoric ester groups is 1. The third-order valence-corrected chi connectivity index (χ3v) is 14.5. The number of aliphatic hydroxyl groups excluding tert-OH is 1. The van der Waals surface area contributed by atoms with Crippen LogP contribution in [0.3, 0.4) is 0 Å². The molecule has 0 aliphatic heterocycles. The van der Waals surface area contributed by atoms with E-state index in [9.17, 15) is 19.4 Å². The number of nitrogens with one attached hydrogen (secondary N) is 1. The van der Waals surface area contributed by atoms with Crippen molar-refractivity contribution in [2.75, 3.05) is 40.9 Å². The second-order valence-electron chi connectivity index (χ2n) is 21.7. The molecule has 3 unspecified atom stereocenters. The predicted octanol–water partition coefficient (Wildman–Crippen LogP) is 18.5. The molecule has 416 valence electrons. The molecule has 9 heteroatoms. The normalized spacial score (nSPS) is 14.3. The number of aliphatic hydroxyl groups is 1. The first-order chi connectivity index (χ1) is 34.5. The molecule has 3 N–H and O–H groups in total. The molecule has 0 heterocycles. The molecule has 0 aliphatic rings. The number of rotatable bonds is 55. The Balaban J connectivity index is 4.12. The summed E-state index contributed by atoms with van der Waals surface area (Å²) in [6, 6.07) is -0.764. The monoisotopic (exact) mass is 1020 g/mol. The molecule has 0 aromatic heterocycles. The van der Waals surface area contributed by atoms with Gasteiger partial charge >= 0.3 is 7.82 Å². The molecule has 0 aliphatic carbocycles. The topological polar surface area (TPSA) is 105 Å². The Morgan fingerprint density at radius 2 is 0.845 bits per heavy atom. The van der Waals surface area contributed by atoms with Gasteiger partial charge in [-0.1, -0.05) is 274 Å². The van der Waals surface area contributed by atoms with Crippen molar-refractivity contribution in [3.63, 3.8) is 0 Å². The Hall–Kier alpha value is -1.80. The summed E-state index contributed by atoms with van der Waals surface area (Å²) in [5.41, 5.74) is 0. The molecular weight excluding hydrogens is 900 g/mol. The maximum absolute atomic E-state index is 13.0. The van der Waals surface area contributed by atoms with Gasteiger partial charge in [-0.15, -0.1) is 0 Å². The third kappa shape index (κ3) is 55.8. The zero-order valence-corrected chi connectivity index (χ0v) is 48.4. The van der Waals surface area contributed by atoms with Crippen LogP contribution in [0.2, 0.25) is 0 Å². The van der Waals surface area contributed by atoms with Gasteiger partial charge < -0.3 is 19.8 Å². The van der Waals surface area contributed by atoms with Crippen LogP contribution < -0.4 is 5.32 Å². The van der Waals surface area contributed by atoms with E-state index in [0.29, 0.717) is 23.9 Å². The first-order valence-corrected chi connectivity index (χ1v) is 31.6. The second-order valence-corrected chi connectivity index (χ2v) is 23.2. The average molecular weight is 1020 g/mol. The van der Waals surface area contributed by atoms with Crippen LogP contribution in [-0.2, 0) is 18.4 Å². The van der Waals surface area contributed by atoms with Crippen LogP contribution in [-0.4, -0.2) is 73.4 Å². The van der Waals surface area contributed by atoms with Crippen LogP contribution in [0.5, 0.6) is 0 Å². The highest BCUT2D eigenvalue weighted by molar-refractivity contribution is 7.47. The minimum Gasteiger partial charge on any atom is -0.391 e. The summed E-state index contributed by atoms with van der Waals surface area (Å²) >= 11 is 0. The van der Waals surface area contributed by atoms with Crippen LogP contribution in [0.1, 0.15) is 277 Å². The third-order valence-electron chi connectivity index (χ3n) is 13.5. The molecule has 0 rings (SSSR count). The lowest BCUT2D eigenvalue weighted by Gasteiger charge is -2.26. The number of allylic oxidation sites excluding steroid dienone is 10. The van der Waals surface area contributed by atoms with E-state index in [1.54, 1.807) is 0 Å². The minimum atomic E-state index is -4.33. The zero-order valence-electron chi connectivity index (χ0n) is 47.5.